The number of hydrogen-bond acceptors (Lipinski definition) is 3. The average Bonchev–Trinajstić information content (AvgIpc) is 3.22. The number of rotatable bonds is 6. The number of benzene rings is 3. The largest absolute Gasteiger partial charge is 0.573 e. The van der Waals surface area contributed by atoms with Gasteiger partial charge in [-0.2, -0.15) is 0 Å². The number of carbonyl (C=O) groups excluding carboxylic acids is 2. The lowest BCUT2D eigenvalue weighted by Crippen LogP contribution is -2.30. The summed E-state index contributed by atoms with van der Waals surface area (Å²) in [6.07, 6.45) is -1.59. The molecule has 0 atom stereocenters. The zero-order chi connectivity index (χ0) is 24.1. The SMILES string of the molecule is O=C(Nc1ccc(OC(F)(F)F)cc1)/C(=C\c1c[nH]c2ccccc12)NC(=O)c1ccccc1. The minimum absolute atomic E-state index is 0.0470. The number of amides is 2. The number of fused-ring (bicyclic) bond motifs is 1. The van der Waals surface area contributed by atoms with Gasteiger partial charge >= 0.3 is 6.36 Å². The summed E-state index contributed by atoms with van der Waals surface area (Å²) in [5.74, 6) is -1.56. The van der Waals surface area contributed by atoms with E-state index >= 15 is 0 Å². The van der Waals surface area contributed by atoms with E-state index in [9.17, 15) is 22.8 Å². The first-order valence-corrected chi connectivity index (χ1v) is 10.1. The van der Waals surface area contributed by atoms with Crippen LogP contribution in [-0.2, 0) is 4.79 Å². The van der Waals surface area contributed by atoms with Crippen molar-refractivity contribution in [1.29, 1.82) is 0 Å². The van der Waals surface area contributed by atoms with Crippen LogP contribution in [0.1, 0.15) is 15.9 Å². The maximum atomic E-state index is 13.0. The summed E-state index contributed by atoms with van der Waals surface area (Å²) >= 11 is 0. The van der Waals surface area contributed by atoms with E-state index in [0.717, 1.165) is 23.0 Å². The molecule has 0 saturated heterocycles. The highest BCUT2D eigenvalue weighted by molar-refractivity contribution is 6.11. The number of carbonyl (C=O) groups is 2. The number of anilines is 1. The normalized spacial score (nSPS) is 11.8. The second kappa shape index (κ2) is 9.53. The zero-order valence-corrected chi connectivity index (χ0v) is 17.5. The van der Waals surface area contributed by atoms with Crippen LogP contribution in [0.15, 0.2) is 90.8 Å². The third-order valence-corrected chi connectivity index (χ3v) is 4.80. The second-order valence-corrected chi connectivity index (χ2v) is 7.19. The zero-order valence-electron chi connectivity index (χ0n) is 17.5. The molecule has 0 saturated carbocycles. The van der Waals surface area contributed by atoms with Gasteiger partial charge in [0.1, 0.15) is 11.4 Å². The van der Waals surface area contributed by atoms with Crippen LogP contribution in [-0.4, -0.2) is 23.2 Å². The summed E-state index contributed by atoms with van der Waals surface area (Å²) in [6, 6.07) is 20.5. The van der Waals surface area contributed by atoms with Crippen LogP contribution in [0.3, 0.4) is 0 Å². The van der Waals surface area contributed by atoms with Gasteiger partial charge in [-0.25, -0.2) is 0 Å². The highest BCUT2D eigenvalue weighted by Gasteiger charge is 2.31. The first-order valence-electron chi connectivity index (χ1n) is 10.1. The van der Waals surface area contributed by atoms with Gasteiger partial charge in [-0.1, -0.05) is 36.4 Å². The van der Waals surface area contributed by atoms with E-state index in [1.807, 2.05) is 24.3 Å². The number of aromatic amines is 1. The van der Waals surface area contributed by atoms with Crippen LogP contribution in [0.4, 0.5) is 18.9 Å². The quantitative estimate of drug-likeness (QED) is 0.330. The number of halogens is 3. The molecule has 0 fully saturated rings. The Morgan fingerprint density at radius 2 is 1.56 bits per heavy atom. The van der Waals surface area contributed by atoms with E-state index in [4.69, 9.17) is 0 Å². The number of para-hydroxylation sites is 1. The smallest absolute Gasteiger partial charge is 0.406 e. The van der Waals surface area contributed by atoms with Crippen molar-refractivity contribution < 1.29 is 27.5 Å². The molecule has 0 unspecified atom stereocenters. The lowest BCUT2D eigenvalue weighted by molar-refractivity contribution is -0.274. The summed E-state index contributed by atoms with van der Waals surface area (Å²) in [6.45, 7) is 0. The van der Waals surface area contributed by atoms with Crippen molar-refractivity contribution in [3.8, 4) is 5.75 Å². The monoisotopic (exact) mass is 465 g/mol. The van der Waals surface area contributed by atoms with Gasteiger partial charge in [0, 0.05) is 33.9 Å². The fourth-order valence-electron chi connectivity index (χ4n) is 3.25. The van der Waals surface area contributed by atoms with E-state index in [1.54, 1.807) is 36.5 Å². The van der Waals surface area contributed by atoms with Crippen LogP contribution in [0.2, 0.25) is 0 Å². The topological polar surface area (TPSA) is 83.2 Å². The van der Waals surface area contributed by atoms with Crippen LogP contribution in [0.25, 0.3) is 17.0 Å². The van der Waals surface area contributed by atoms with Crippen LogP contribution >= 0.6 is 0 Å². The molecule has 34 heavy (non-hydrogen) atoms. The van der Waals surface area contributed by atoms with Crippen molar-refractivity contribution in [3.63, 3.8) is 0 Å². The number of hydrogen-bond donors (Lipinski definition) is 3. The van der Waals surface area contributed by atoms with Gasteiger partial charge in [-0.05, 0) is 48.5 Å². The predicted octanol–water partition coefficient (Wildman–Crippen LogP) is 5.48. The summed E-state index contributed by atoms with van der Waals surface area (Å²) in [4.78, 5) is 28.9. The first-order chi connectivity index (χ1) is 16.3. The van der Waals surface area contributed by atoms with Crippen molar-refractivity contribution in [2.75, 3.05) is 5.32 Å². The highest BCUT2D eigenvalue weighted by Crippen LogP contribution is 2.24. The van der Waals surface area contributed by atoms with Crippen molar-refractivity contribution >= 4 is 34.5 Å². The van der Waals surface area contributed by atoms with E-state index in [0.29, 0.717) is 11.1 Å². The number of aromatic nitrogens is 1. The Kier molecular flexibility index (Phi) is 6.35. The minimum atomic E-state index is -4.82. The lowest BCUT2D eigenvalue weighted by Gasteiger charge is -2.12. The number of nitrogens with one attached hydrogen (secondary N) is 3. The molecule has 0 spiro atoms. The van der Waals surface area contributed by atoms with Gasteiger partial charge < -0.3 is 20.4 Å². The van der Waals surface area contributed by atoms with Gasteiger partial charge in [-0.15, -0.1) is 13.2 Å². The van der Waals surface area contributed by atoms with Gasteiger partial charge in [0.25, 0.3) is 11.8 Å². The summed E-state index contributed by atoms with van der Waals surface area (Å²) in [5.41, 5.74) is 2.05. The predicted molar refractivity (Wildman–Crippen MR) is 122 cm³/mol. The van der Waals surface area contributed by atoms with E-state index in [-0.39, 0.29) is 11.4 Å². The molecule has 4 rings (SSSR count). The Morgan fingerprint density at radius 3 is 2.26 bits per heavy atom. The number of H-pyrrole nitrogens is 1. The van der Waals surface area contributed by atoms with Gasteiger partial charge in [0.15, 0.2) is 0 Å². The standard InChI is InChI=1S/C25H18F3N3O3/c26-25(27,28)34-19-12-10-18(11-13-19)30-24(33)22(31-23(32)16-6-2-1-3-7-16)14-17-15-29-21-9-5-4-8-20(17)21/h1-15,29H,(H,30,33)(H,31,32)/b22-14+. The molecule has 0 aliphatic carbocycles. The van der Waals surface area contributed by atoms with Crippen molar-refractivity contribution in [3.05, 3.63) is 102 Å². The molecule has 1 heterocycles. The molecule has 3 N–H and O–H groups in total. The van der Waals surface area contributed by atoms with Crippen LogP contribution in [0, 0.1) is 0 Å². The Bertz CT molecular complexity index is 1340. The van der Waals surface area contributed by atoms with Gasteiger partial charge in [0.05, 0.1) is 0 Å². The Morgan fingerprint density at radius 1 is 0.882 bits per heavy atom. The molecule has 9 heteroatoms. The Labute approximate surface area is 192 Å². The van der Waals surface area contributed by atoms with Crippen LogP contribution < -0.4 is 15.4 Å². The number of alkyl halides is 3. The molecule has 1 aromatic heterocycles. The van der Waals surface area contributed by atoms with Gasteiger partial charge in [0.2, 0.25) is 0 Å². The molecule has 0 aliphatic rings. The highest BCUT2D eigenvalue weighted by atomic mass is 19.4. The Balaban J connectivity index is 1.60. The maximum Gasteiger partial charge on any atom is 0.573 e. The fraction of sp³-hybridized carbons (Fsp3) is 0.0400. The minimum Gasteiger partial charge on any atom is -0.406 e. The van der Waals surface area contributed by atoms with Gasteiger partial charge in [-0.3, -0.25) is 9.59 Å². The molecule has 0 bridgehead atoms. The molecule has 2 amide bonds. The van der Waals surface area contributed by atoms with Crippen molar-refractivity contribution in [2.24, 2.45) is 0 Å². The molecule has 0 aliphatic heterocycles. The molecule has 6 nitrogen and oxygen atoms in total. The molecule has 0 radical (unpaired) electrons. The van der Waals surface area contributed by atoms with Crippen LogP contribution in [0.5, 0.6) is 5.75 Å². The van der Waals surface area contributed by atoms with Crippen molar-refractivity contribution in [2.45, 2.75) is 6.36 Å². The summed E-state index contributed by atoms with van der Waals surface area (Å²) < 4.78 is 40.9. The van der Waals surface area contributed by atoms with Crippen molar-refractivity contribution in [1.82, 2.24) is 10.3 Å². The maximum absolute atomic E-state index is 13.0. The first kappa shape index (κ1) is 22.7. The molecular formula is C25H18F3N3O3. The van der Waals surface area contributed by atoms with E-state index in [1.165, 1.54) is 18.2 Å². The van der Waals surface area contributed by atoms with E-state index in [2.05, 4.69) is 20.4 Å². The second-order valence-electron chi connectivity index (χ2n) is 7.19. The molecule has 3 aromatic carbocycles. The Hall–Kier alpha value is -4.53. The molecular weight excluding hydrogens is 447 g/mol. The summed E-state index contributed by atoms with van der Waals surface area (Å²) in [5, 5.41) is 6.04. The van der Waals surface area contributed by atoms with E-state index < -0.39 is 23.9 Å². The third-order valence-electron chi connectivity index (χ3n) is 4.80. The number of ether oxygens (including phenoxy) is 1. The molecule has 172 valence electrons. The fourth-order valence-corrected chi connectivity index (χ4v) is 3.25. The third kappa shape index (κ3) is 5.63. The lowest BCUT2D eigenvalue weighted by atomic mass is 10.1. The summed E-state index contributed by atoms with van der Waals surface area (Å²) in [7, 11) is 0. The molecule has 4 aromatic rings. The average molecular weight is 465 g/mol.